The molecule has 38 heavy (non-hydrogen) atoms. The van der Waals surface area contributed by atoms with Crippen LogP contribution in [0.2, 0.25) is 10.0 Å². The van der Waals surface area contributed by atoms with E-state index in [0.717, 1.165) is 10.1 Å². The number of para-hydroxylation sites is 1. The van der Waals surface area contributed by atoms with Crippen LogP contribution in [0.15, 0.2) is 97.6 Å². The number of hydrogen-bond donors (Lipinski definition) is 1. The molecule has 0 atom stereocenters. The highest BCUT2D eigenvalue weighted by Gasteiger charge is 2.17. The minimum Gasteiger partial charge on any atom is -0.478 e. The number of furan rings is 2. The molecule has 8 nitrogen and oxygen atoms in total. The quantitative estimate of drug-likeness (QED) is 0.235. The Labute approximate surface area is 224 Å². The van der Waals surface area contributed by atoms with Gasteiger partial charge in [-0.25, -0.2) is 9.78 Å². The summed E-state index contributed by atoms with van der Waals surface area (Å²) in [6.07, 6.45) is 1.37. The Kier molecular flexibility index (Phi) is 5.83. The summed E-state index contributed by atoms with van der Waals surface area (Å²) in [5.41, 5.74) is 1.17. The van der Waals surface area contributed by atoms with Crippen molar-refractivity contribution in [2.75, 3.05) is 0 Å². The number of halogens is 2. The predicted molar refractivity (Wildman–Crippen MR) is 145 cm³/mol. The van der Waals surface area contributed by atoms with Crippen molar-refractivity contribution in [3.8, 4) is 22.9 Å². The third-order valence-corrected chi connectivity index (χ3v) is 6.43. The maximum Gasteiger partial charge on any atom is 0.337 e. The topological polar surface area (TPSA) is 111 Å². The van der Waals surface area contributed by atoms with Crippen molar-refractivity contribution < 1.29 is 18.7 Å². The number of benzene rings is 3. The van der Waals surface area contributed by atoms with Crippen LogP contribution in [0, 0.1) is 0 Å². The molecular weight excluding hydrogens is 529 g/mol. The van der Waals surface area contributed by atoms with Crippen LogP contribution in [0.25, 0.3) is 44.8 Å². The van der Waals surface area contributed by atoms with E-state index in [1.54, 1.807) is 66.7 Å². The van der Waals surface area contributed by atoms with Crippen LogP contribution in [0.4, 0.5) is 0 Å². The Hall–Kier alpha value is -4.66. The number of carboxylic acid groups (broad SMARTS) is 1. The highest BCUT2D eigenvalue weighted by Crippen LogP contribution is 2.30. The van der Waals surface area contributed by atoms with Crippen LogP contribution in [0.5, 0.6) is 0 Å². The second kappa shape index (κ2) is 9.33. The SMILES string of the molecule is O=C(O)c1cc(-c2ccc(C=Nn3c(-c4cc5cc(Cl)ccc5o4)nc4ccccc4c3=O)o2)ccc1Cl. The monoisotopic (exact) mass is 543 g/mol. The Bertz CT molecular complexity index is 1970. The van der Waals surface area contributed by atoms with Gasteiger partial charge in [0.2, 0.25) is 5.82 Å². The fourth-order valence-corrected chi connectivity index (χ4v) is 4.43. The van der Waals surface area contributed by atoms with Crippen LogP contribution in [-0.4, -0.2) is 27.0 Å². The van der Waals surface area contributed by atoms with Crippen molar-refractivity contribution in [2.45, 2.75) is 0 Å². The average molecular weight is 544 g/mol. The van der Waals surface area contributed by atoms with Crippen LogP contribution >= 0.6 is 23.2 Å². The zero-order valence-corrected chi connectivity index (χ0v) is 20.8. The number of hydrogen-bond acceptors (Lipinski definition) is 6. The second-order valence-corrected chi connectivity index (χ2v) is 9.15. The van der Waals surface area contributed by atoms with Crippen LogP contribution in [-0.2, 0) is 0 Å². The van der Waals surface area contributed by atoms with Crippen molar-refractivity contribution in [3.05, 3.63) is 111 Å². The lowest BCUT2D eigenvalue weighted by atomic mass is 10.1. The first-order valence-electron chi connectivity index (χ1n) is 11.3. The van der Waals surface area contributed by atoms with Crippen molar-refractivity contribution in [3.63, 3.8) is 0 Å². The molecule has 0 unspecified atom stereocenters. The van der Waals surface area contributed by atoms with Gasteiger partial charge in [0.25, 0.3) is 5.56 Å². The second-order valence-electron chi connectivity index (χ2n) is 8.31. The highest BCUT2D eigenvalue weighted by molar-refractivity contribution is 6.33. The Morgan fingerprint density at radius 3 is 2.63 bits per heavy atom. The van der Waals surface area contributed by atoms with Gasteiger partial charge in [-0.1, -0.05) is 35.3 Å². The van der Waals surface area contributed by atoms with Gasteiger partial charge in [0, 0.05) is 16.0 Å². The highest BCUT2D eigenvalue weighted by atomic mass is 35.5. The molecule has 0 amide bonds. The van der Waals surface area contributed by atoms with Crippen LogP contribution < -0.4 is 5.56 Å². The fourth-order valence-electron chi connectivity index (χ4n) is 4.05. The molecule has 0 saturated heterocycles. The number of carbonyl (C=O) groups is 1. The molecule has 6 aromatic rings. The summed E-state index contributed by atoms with van der Waals surface area (Å²) in [7, 11) is 0. The van der Waals surface area contributed by atoms with Gasteiger partial charge in [0.05, 0.1) is 27.7 Å². The Morgan fingerprint density at radius 1 is 0.947 bits per heavy atom. The summed E-state index contributed by atoms with van der Waals surface area (Å²) in [5, 5.41) is 15.5. The smallest absolute Gasteiger partial charge is 0.337 e. The normalized spacial score (nSPS) is 11.6. The maximum atomic E-state index is 13.4. The van der Waals surface area contributed by atoms with Crippen molar-refractivity contribution in [1.82, 2.24) is 9.66 Å². The zero-order valence-electron chi connectivity index (χ0n) is 19.3. The summed E-state index contributed by atoms with van der Waals surface area (Å²) >= 11 is 12.1. The minimum atomic E-state index is -1.14. The third kappa shape index (κ3) is 4.26. The van der Waals surface area contributed by atoms with E-state index in [-0.39, 0.29) is 16.4 Å². The molecule has 3 aromatic heterocycles. The van der Waals surface area contributed by atoms with E-state index in [0.29, 0.717) is 44.4 Å². The molecule has 6 rings (SSSR count). The van der Waals surface area contributed by atoms with E-state index < -0.39 is 11.5 Å². The van der Waals surface area contributed by atoms with E-state index in [4.69, 9.17) is 32.0 Å². The molecule has 0 aliphatic carbocycles. The van der Waals surface area contributed by atoms with E-state index >= 15 is 0 Å². The molecule has 186 valence electrons. The number of nitrogens with zero attached hydrogens (tertiary/aromatic N) is 3. The Morgan fingerprint density at radius 2 is 1.79 bits per heavy atom. The summed E-state index contributed by atoms with van der Waals surface area (Å²) in [6.45, 7) is 0. The molecule has 0 aliphatic heterocycles. The molecule has 3 heterocycles. The standard InChI is InChI=1S/C28H15Cl2N3O5/c29-17-6-9-24-16(11-17)13-25(38-24)26-32-22-4-2-1-3-19(22)27(34)33(26)31-14-18-7-10-23(37-18)15-5-8-21(30)20(12-15)28(35)36/h1-14H,(H,35,36). The minimum absolute atomic E-state index is 0.0404. The van der Waals surface area contributed by atoms with E-state index in [1.165, 1.54) is 18.3 Å². The maximum absolute atomic E-state index is 13.4. The van der Waals surface area contributed by atoms with Gasteiger partial charge in [0.15, 0.2) is 5.76 Å². The molecule has 0 spiro atoms. The van der Waals surface area contributed by atoms with Crippen molar-refractivity contribution in [2.24, 2.45) is 5.10 Å². The van der Waals surface area contributed by atoms with Crippen molar-refractivity contribution in [1.29, 1.82) is 0 Å². The number of fused-ring (bicyclic) bond motifs is 2. The van der Waals surface area contributed by atoms with Gasteiger partial charge in [-0.2, -0.15) is 9.78 Å². The Balaban J connectivity index is 1.44. The predicted octanol–water partition coefficient (Wildman–Crippen LogP) is 6.96. The van der Waals surface area contributed by atoms with Crippen LogP contribution in [0.1, 0.15) is 16.1 Å². The van der Waals surface area contributed by atoms with Crippen LogP contribution in [0.3, 0.4) is 0 Å². The van der Waals surface area contributed by atoms with Gasteiger partial charge in [0.1, 0.15) is 17.1 Å². The number of aromatic carboxylic acids is 1. The van der Waals surface area contributed by atoms with Gasteiger partial charge in [-0.15, -0.1) is 0 Å². The largest absolute Gasteiger partial charge is 0.478 e. The van der Waals surface area contributed by atoms with E-state index in [2.05, 4.69) is 10.1 Å². The molecule has 10 heteroatoms. The first kappa shape index (κ1) is 23.7. The molecule has 0 radical (unpaired) electrons. The molecule has 0 bridgehead atoms. The number of aromatic nitrogens is 2. The fraction of sp³-hybridized carbons (Fsp3) is 0. The van der Waals surface area contributed by atoms with Gasteiger partial charge in [-0.05, 0) is 66.7 Å². The van der Waals surface area contributed by atoms with E-state index in [1.807, 2.05) is 0 Å². The summed E-state index contributed by atoms with van der Waals surface area (Å²) in [6, 6.07) is 21.8. The summed E-state index contributed by atoms with van der Waals surface area (Å²) in [5.74, 6) is 0.129. The van der Waals surface area contributed by atoms with Gasteiger partial charge >= 0.3 is 5.97 Å². The van der Waals surface area contributed by atoms with Gasteiger partial charge < -0.3 is 13.9 Å². The zero-order chi connectivity index (χ0) is 26.4. The lowest BCUT2D eigenvalue weighted by molar-refractivity contribution is 0.0697. The van der Waals surface area contributed by atoms with Crippen molar-refractivity contribution >= 4 is 57.3 Å². The molecule has 0 saturated carbocycles. The number of rotatable bonds is 5. The van der Waals surface area contributed by atoms with Gasteiger partial charge in [-0.3, -0.25) is 4.79 Å². The molecule has 1 N–H and O–H groups in total. The molecular formula is C28H15Cl2N3O5. The summed E-state index contributed by atoms with van der Waals surface area (Å²) < 4.78 is 13.0. The first-order valence-corrected chi connectivity index (χ1v) is 12.0. The lowest BCUT2D eigenvalue weighted by Crippen LogP contribution is -2.20. The molecule has 0 aliphatic rings. The molecule has 3 aromatic carbocycles. The van der Waals surface area contributed by atoms with E-state index in [9.17, 15) is 14.7 Å². The first-order chi connectivity index (χ1) is 18.4. The third-order valence-electron chi connectivity index (χ3n) is 5.86. The number of carboxylic acids is 1. The lowest BCUT2D eigenvalue weighted by Gasteiger charge is -2.06. The summed E-state index contributed by atoms with van der Waals surface area (Å²) in [4.78, 5) is 29.5. The average Bonchev–Trinajstić information content (AvgIpc) is 3.55. The molecule has 0 fully saturated rings.